The van der Waals surface area contributed by atoms with Crippen molar-refractivity contribution in [1.82, 2.24) is 15.5 Å². The summed E-state index contributed by atoms with van der Waals surface area (Å²) in [6.45, 7) is 9.49. The van der Waals surface area contributed by atoms with Crippen LogP contribution in [0.1, 0.15) is 59.9 Å². The van der Waals surface area contributed by atoms with E-state index in [0.717, 1.165) is 10.5 Å². The Morgan fingerprint density at radius 3 is 1.93 bits per heavy atom. The molecule has 0 fully saturated rings. The maximum Gasteiger partial charge on any atom is 0.252 e. The molecule has 5 amide bonds. The molecule has 1 aromatic carbocycles. The van der Waals surface area contributed by atoms with Gasteiger partial charge in [-0.1, -0.05) is 58.0 Å². The second kappa shape index (κ2) is 16.0. The number of aliphatic hydroxyl groups excluding tert-OH is 1. The summed E-state index contributed by atoms with van der Waals surface area (Å²) < 4.78 is 0. The van der Waals surface area contributed by atoms with Gasteiger partial charge in [0.1, 0.15) is 18.1 Å². The van der Waals surface area contributed by atoms with Crippen molar-refractivity contribution in [2.45, 2.75) is 97.1 Å². The van der Waals surface area contributed by atoms with Crippen molar-refractivity contribution in [1.29, 1.82) is 0 Å². The second-order valence-corrected chi connectivity index (χ2v) is 10.9. The van der Waals surface area contributed by atoms with Crippen molar-refractivity contribution in [3.05, 3.63) is 35.9 Å². The minimum Gasteiger partial charge on any atom is -0.391 e. The molecule has 1 aromatic rings. The largest absolute Gasteiger partial charge is 0.391 e. The molecule has 1 rings (SSSR count). The molecule has 12 heteroatoms. The molecule has 0 spiro atoms. The Hall–Kier alpha value is -3.35. The van der Waals surface area contributed by atoms with Crippen LogP contribution in [0.3, 0.4) is 0 Å². The number of nitrogens with two attached hydrogens (primary N) is 3. The van der Waals surface area contributed by atoms with Gasteiger partial charge in [-0.15, -0.1) is 0 Å². The number of nitrogens with zero attached hydrogens (tertiary/aromatic N) is 1. The number of benzene rings is 1. The number of rotatable bonds is 15. The third kappa shape index (κ3) is 10.3. The van der Waals surface area contributed by atoms with Gasteiger partial charge < -0.3 is 32.9 Å². The second-order valence-electron chi connectivity index (χ2n) is 10.9. The summed E-state index contributed by atoms with van der Waals surface area (Å²) >= 11 is 0. The lowest BCUT2D eigenvalue weighted by Crippen LogP contribution is -2.61. The minimum absolute atomic E-state index is 0.0699. The summed E-state index contributed by atoms with van der Waals surface area (Å²) in [5, 5.41) is 15.7. The standard InChI is InChI=1S/C28H46N6O6/c1-15(2)23(25(31)37)33-27(39)24(16(3)4)34(28(40)18(6)32-26(38)17(5)29)22(36)13-12-21(35)20(30)14-19-10-8-7-9-11-19/h7-11,15-18,20-21,23-24,35H,12-14,29-30H2,1-6H3,(H2,31,37)(H,32,38)(H,33,39). The first-order valence-electron chi connectivity index (χ1n) is 13.6. The van der Waals surface area contributed by atoms with Gasteiger partial charge in [-0.2, -0.15) is 0 Å². The van der Waals surface area contributed by atoms with Gasteiger partial charge in [-0.25, -0.2) is 0 Å². The molecule has 0 aliphatic heterocycles. The van der Waals surface area contributed by atoms with Crippen LogP contribution in [0.4, 0.5) is 0 Å². The minimum atomic E-state index is -1.33. The Labute approximate surface area is 236 Å². The number of carbonyl (C=O) groups excluding carboxylic acids is 5. The van der Waals surface area contributed by atoms with Crippen LogP contribution in [0.15, 0.2) is 30.3 Å². The van der Waals surface area contributed by atoms with Crippen LogP contribution < -0.4 is 27.8 Å². The summed E-state index contributed by atoms with van der Waals surface area (Å²) in [6, 6.07) is 4.18. The average molecular weight is 563 g/mol. The summed E-state index contributed by atoms with van der Waals surface area (Å²) in [5.74, 6) is -4.63. The van der Waals surface area contributed by atoms with Gasteiger partial charge in [0.15, 0.2) is 0 Å². The zero-order chi connectivity index (χ0) is 30.7. The fourth-order valence-corrected chi connectivity index (χ4v) is 4.18. The molecule has 6 atom stereocenters. The maximum absolute atomic E-state index is 13.6. The van der Waals surface area contributed by atoms with Gasteiger partial charge in [0.2, 0.25) is 23.6 Å². The Morgan fingerprint density at radius 2 is 1.45 bits per heavy atom. The molecular weight excluding hydrogens is 516 g/mol. The summed E-state index contributed by atoms with van der Waals surface area (Å²) in [5.41, 5.74) is 18.1. The third-order valence-corrected chi connectivity index (χ3v) is 6.56. The number of nitrogens with one attached hydrogen (secondary N) is 2. The van der Waals surface area contributed by atoms with Crippen molar-refractivity contribution < 1.29 is 29.1 Å². The number of primary amides is 1. The van der Waals surface area contributed by atoms with Crippen LogP contribution >= 0.6 is 0 Å². The van der Waals surface area contributed by atoms with E-state index in [1.165, 1.54) is 13.8 Å². The van der Waals surface area contributed by atoms with Crippen LogP contribution in [-0.4, -0.2) is 75.9 Å². The molecule has 0 bridgehead atoms. The Balaban J connectivity index is 3.24. The molecular formula is C28H46N6O6. The van der Waals surface area contributed by atoms with E-state index in [-0.39, 0.29) is 18.8 Å². The van der Waals surface area contributed by atoms with E-state index in [4.69, 9.17) is 17.2 Å². The molecule has 0 saturated heterocycles. The highest BCUT2D eigenvalue weighted by Gasteiger charge is 2.40. The smallest absolute Gasteiger partial charge is 0.252 e. The SMILES string of the molecule is CC(N)C(=O)NC(C)C(=O)N(C(=O)CCC(O)C(N)Cc1ccccc1)C(C(=O)NC(C(N)=O)C(C)C)C(C)C. The van der Waals surface area contributed by atoms with Crippen molar-refractivity contribution in [3.8, 4) is 0 Å². The first-order valence-corrected chi connectivity index (χ1v) is 13.6. The van der Waals surface area contributed by atoms with Gasteiger partial charge in [0.25, 0.3) is 5.91 Å². The van der Waals surface area contributed by atoms with E-state index >= 15 is 0 Å². The molecule has 0 aliphatic rings. The zero-order valence-electron chi connectivity index (χ0n) is 24.3. The predicted octanol–water partition coefficient (Wildman–Crippen LogP) is -0.445. The van der Waals surface area contributed by atoms with Crippen molar-refractivity contribution in [2.24, 2.45) is 29.0 Å². The third-order valence-electron chi connectivity index (χ3n) is 6.56. The maximum atomic E-state index is 13.6. The molecule has 0 radical (unpaired) electrons. The molecule has 40 heavy (non-hydrogen) atoms. The average Bonchev–Trinajstić information content (AvgIpc) is 2.87. The van der Waals surface area contributed by atoms with E-state index in [9.17, 15) is 29.1 Å². The van der Waals surface area contributed by atoms with Crippen LogP contribution in [-0.2, 0) is 30.4 Å². The number of imide groups is 1. The highest BCUT2D eigenvalue weighted by atomic mass is 16.3. The molecule has 0 heterocycles. The quantitative estimate of drug-likeness (QED) is 0.164. The van der Waals surface area contributed by atoms with Crippen molar-refractivity contribution in [2.75, 3.05) is 0 Å². The highest BCUT2D eigenvalue weighted by Crippen LogP contribution is 2.18. The molecule has 224 valence electrons. The van der Waals surface area contributed by atoms with E-state index < -0.39 is 71.8 Å². The number of carbonyl (C=O) groups is 5. The van der Waals surface area contributed by atoms with Gasteiger partial charge >= 0.3 is 0 Å². The predicted molar refractivity (Wildman–Crippen MR) is 151 cm³/mol. The molecule has 0 saturated carbocycles. The van der Waals surface area contributed by atoms with Gasteiger partial charge in [-0.05, 0) is 44.1 Å². The normalized spacial score (nSPS) is 15.9. The first-order chi connectivity index (χ1) is 18.6. The van der Waals surface area contributed by atoms with Gasteiger partial charge in [0, 0.05) is 12.5 Å². The molecule has 6 unspecified atom stereocenters. The van der Waals surface area contributed by atoms with Crippen LogP contribution in [0, 0.1) is 11.8 Å². The van der Waals surface area contributed by atoms with E-state index in [1.54, 1.807) is 27.7 Å². The van der Waals surface area contributed by atoms with E-state index in [2.05, 4.69) is 10.6 Å². The zero-order valence-corrected chi connectivity index (χ0v) is 24.3. The van der Waals surface area contributed by atoms with Crippen LogP contribution in [0.5, 0.6) is 0 Å². The van der Waals surface area contributed by atoms with E-state index in [0.29, 0.717) is 6.42 Å². The number of aliphatic hydroxyl groups is 1. The van der Waals surface area contributed by atoms with Crippen molar-refractivity contribution >= 4 is 29.5 Å². The lowest BCUT2D eigenvalue weighted by Gasteiger charge is -2.35. The lowest BCUT2D eigenvalue weighted by molar-refractivity contribution is -0.156. The lowest BCUT2D eigenvalue weighted by atomic mass is 9.96. The molecule has 0 aliphatic carbocycles. The van der Waals surface area contributed by atoms with Crippen LogP contribution in [0.2, 0.25) is 0 Å². The topological polar surface area (TPSA) is 211 Å². The van der Waals surface area contributed by atoms with Crippen molar-refractivity contribution in [3.63, 3.8) is 0 Å². The van der Waals surface area contributed by atoms with Gasteiger partial charge in [-0.3, -0.25) is 28.9 Å². The Bertz CT molecular complexity index is 1020. The molecule has 9 N–H and O–H groups in total. The first kappa shape index (κ1) is 34.7. The number of amides is 5. The fraction of sp³-hybridized carbons (Fsp3) is 0.607. The Morgan fingerprint density at radius 1 is 0.875 bits per heavy atom. The summed E-state index contributed by atoms with van der Waals surface area (Å²) in [4.78, 5) is 65.4. The molecule has 12 nitrogen and oxygen atoms in total. The Kier molecular flexibility index (Phi) is 13.9. The monoisotopic (exact) mass is 562 g/mol. The van der Waals surface area contributed by atoms with Crippen LogP contribution in [0.25, 0.3) is 0 Å². The fourth-order valence-electron chi connectivity index (χ4n) is 4.18. The van der Waals surface area contributed by atoms with E-state index in [1.807, 2.05) is 30.3 Å². The van der Waals surface area contributed by atoms with Gasteiger partial charge in [0.05, 0.1) is 12.1 Å². The summed E-state index contributed by atoms with van der Waals surface area (Å²) in [7, 11) is 0. The summed E-state index contributed by atoms with van der Waals surface area (Å²) in [6.07, 6.45) is -1.06. The highest BCUT2D eigenvalue weighted by molar-refractivity contribution is 6.04. The number of hydrogen-bond donors (Lipinski definition) is 6. The molecule has 0 aromatic heterocycles. The number of hydrogen-bond acceptors (Lipinski definition) is 8.